The smallest absolute Gasteiger partial charge is 0.411 e. The molecule has 7 heteroatoms. The van der Waals surface area contributed by atoms with Gasteiger partial charge < -0.3 is 14.6 Å². The summed E-state index contributed by atoms with van der Waals surface area (Å²) in [5.74, 6) is -1.17. The molecule has 0 radical (unpaired) electrons. The van der Waals surface area contributed by atoms with E-state index in [0.29, 0.717) is 0 Å². The lowest BCUT2D eigenvalue weighted by Crippen LogP contribution is -2.23. The summed E-state index contributed by atoms with van der Waals surface area (Å²) in [5, 5.41) is 8.32. The number of halogens is 3. The molecule has 0 aliphatic heterocycles. The lowest BCUT2D eigenvalue weighted by Gasteiger charge is -2.09. The fourth-order valence-corrected chi connectivity index (χ4v) is 0.543. The van der Waals surface area contributed by atoms with Gasteiger partial charge in [0, 0.05) is 0 Å². The van der Waals surface area contributed by atoms with E-state index in [0.717, 1.165) is 0 Å². The molecule has 0 heterocycles. The van der Waals surface area contributed by atoms with Gasteiger partial charge >= 0.3 is 12.1 Å². The van der Waals surface area contributed by atoms with Gasteiger partial charge in [-0.25, -0.2) is 4.79 Å². The van der Waals surface area contributed by atoms with Crippen molar-refractivity contribution in [2.45, 2.75) is 19.2 Å². The number of ether oxygens (including phenoxy) is 2. The molecule has 0 spiro atoms. The van der Waals surface area contributed by atoms with Gasteiger partial charge in [-0.3, -0.25) is 0 Å². The van der Waals surface area contributed by atoms with Gasteiger partial charge in [0.25, 0.3) is 0 Å². The summed E-state index contributed by atoms with van der Waals surface area (Å²) in [7, 11) is 0. The van der Waals surface area contributed by atoms with Crippen LogP contribution in [0.5, 0.6) is 0 Å². The summed E-state index contributed by atoms with van der Waals surface area (Å²) in [6.07, 6.45) is -5.40. The minimum absolute atomic E-state index is 0.177. The Balaban J connectivity index is 3.35. The van der Waals surface area contributed by atoms with Crippen molar-refractivity contribution in [1.29, 1.82) is 0 Å². The minimum Gasteiger partial charge on any atom is -0.479 e. The van der Waals surface area contributed by atoms with Gasteiger partial charge in [-0.1, -0.05) is 0 Å². The highest BCUT2D eigenvalue weighted by atomic mass is 19.4. The van der Waals surface area contributed by atoms with Crippen molar-refractivity contribution in [2.24, 2.45) is 0 Å². The highest BCUT2D eigenvalue weighted by Crippen LogP contribution is 2.14. The maximum atomic E-state index is 11.5. The van der Waals surface area contributed by atoms with Crippen LogP contribution in [0.3, 0.4) is 0 Å². The molecule has 0 aliphatic rings. The first-order valence-electron chi connectivity index (χ1n) is 3.82. The van der Waals surface area contributed by atoms with Gasteiger partial charge in [-0.2, -0.15) is 13.2 Å². The van der Waals surface area contributed by atoms with Crippen molar-refractivity contribution in [3.8, 4) is 0 Å². The standard InChI is InChI=1S/C7H11F3O4/c1-5(6(11)12)14-3-2-13-4-7(8,9)10/h5H,2-4H2,1H3,(H,11,12). The van der Waals surface area contributed by atoms with Gasteiger partial charge in [0.2, 0.25) is 0 Å². The van der Waals surface area contributed by atoms with Crippen LogP contribution >= 0.6 is 0 Å². The van der Waals surface area contributed by atoms with E-state index in [9.17, 15) is 18.0 Å². The van der Waals surface area contributed by atoms with Crippen molar-refractivity contribution in [3.63, 3.8) is 0 Å². The molecular formula is C7H11F3O4. The molecule has 0 rings (SSSR count). The maximum absolute atomic E-state index is 11.5. The van der Waals surface area contributed by atoms with Crippen LogP contribution in [-0.4, -0.2) is 43.2 Å². The SMILES string of the molecule is CC(OCCOCC(F)(F)F)C(=O)O. The molecule has 1 atom stereocenters. The molecule has 0 aromatic carbocycles. The Hall–Kier alpha value is -0.820. The van der Waals surface area contributed by atoms with Crippen LogP contribution in [0.2, 0.25) is 0 Å². The monoisotopic (exact) mass is 216 g/mol. The Labute approximate surface area is 78.6 Å². The van der Waals surface area contributed by atoms with Gasteiger partial charge in [0.15, 0.2) is 6.10 Å². The maximum Gasteiger partial charge on any atom is 0.411 e. The first kappa shape index (κ1) is 13.2. The second kappa shape index (κ2) is 5.82. The molecule has 1 unspecified atom stereocenters. The number of carbonyl (C=O) groups is 1. The predicted molar refractivity (Wildman–Crippen MR) is 39.9 cm³/mol. The van der Waals surface area contributed by atoms with E-state index in [4.69, 9.17) is 5.11 Å². The zero-order chi connectivity index (χ0) is 11.2. The molecule has 84 valence electrons. The Kier molecular flexibility index (Phi) is 5.47. The third kappa shape index (κ3) is 7.81. The van der Waals surface area contributed by atoms with E-state index in [-0.39, 0.29) is 13.2 Å². The molecule has 0 fully saturated rings. The van der Waals surface area contributed by atoms with Crippen LogP contribution < -0.4 is 0 Å². The van der Waals surface area contributed by atoms with Gasteiger partial charge in [0.1, 0.15) is 6.61 Å². The van der Waals surface area contributed by atoms with Crippen LogP contribution in [0, 0.1) is 0 Å². The molecule has 0 saturated carbocycles. The molecule has 0 saturated heterocycles. The lowest BCUT2D eigenvalue weighted by molar-refractivity contribution is -0.178. The van der Waals surface area contributed by atoms with Crippen LogP contribution in [0.1, 0.15) is 6.92 Å². The number of alkyl halides is 3. The second-order valence-electron chi connectivity index (χ2n) is 2.52. The number of hydrogen-bond acceptors (Lipinski definition) is 3. The van der Waals surface area contributed by atoms with E-state index < -0.39 is 24.9 Å². The Morgan fingerprint density at radius 2 is 2.00 bits per heavy atom. The minimum atomic E-state index is -4.36. The quantitative estimate of drug-likeness (QED) is 0.674. The average molecular weight is 216 g/mol. The third-order valence-corrected chi connectivity index (χ3v) is 1.21. The number of rotatable bonds is 6. The Bertz CT molecular complexity index is 180. The van der Waals surface area contributed by atoms with Crippen LogP contribution in [0.15, 0.2) is 0 Å². The lowest BCUT2D eigenvalue weighted by atomic mass is 10.4. The van der Waals surface area contributed by atoms with Crippen LogP contribution in [0.25, 0.3) is 0 Å². The van der Waals surface area contributed by atoms with Crippen LogP contribution in [0.4, 0.5) is 13.2 Å². The van der Waals surface area contributed by atoms with E-state index in [1.54, 1.807) is 0 Å². The zero-order valence-corrected chi connectivity index (χ0v) is 7.50. The normalized spacial score (nSPS) is 14.0. The topological polar surface area (TPSA) is 55.8 Å². The van der Waals surface area contributed by atoms with Gasteiger partial charge in [-0.05, 0) is 6.92 Å². The molecule has 1 N–H and O–H groups in total. The predicted octanol–water partition coefficient (Wildman–Crippen LogP) is 1.05. The molecule has 4 nitrogen and oxygen atoms in total. The summed E-state index contributed by atoms with van der Waals surface area (Å²) in [4.78, 5) is 10.2. The average Bonchev–Trinajstić information content (AvgIpc) is 2.01. The number of hydrogen-bond donors (Lipinski definition) is 1. The molecule has 0 aliphatic carbocycles. The fraction of sp³-hybridized carbons (Fsp3) is 0.857. The highest BCUT2D eigenvalue weighted by molar-refractivity contribution is 5.71. The summed E-state index contributed by atoms with van der Waals surface area (Å²) in [6, 6.07) is 0. The zero-order valence-electron chi connectivity index (χ0n) is 7.50. The van der Waals surface area contributed by atoms with Crippen molar-refractivity contribution in [1.82, 2.24) is 0 Å². The first-order valence-corrected chi connectivity index (χ1v) is 3.82. The number of carboxylic acids is 1. The van der Waals surface area contributed by atoms with E-state index >= 15 is 0 Å². The third-order valence-electron chi connectivity index (χ3n) is 1.21. The molecular weight excluding hydrogens is 205 g/mol. The fourth-order valence-electron chi connectivity index (χ4n) is 0.543. The summed E-state index contributed by atoms with van der Waals surface area (Å²) < 4.78 is 43.3. The summed E-state index contributed by atoms with van der Waals surface area (Å²) in [5.41, 5.74) is 0. The summed E-state index contributed by atoms with van der Waals surface area (Å²) in [6.45, 7) is -0.523. The van der Waals surface area contributed by atoms with E-state index in [1.807, 2.05) is 0 Å². The van der Waals surface area contributed by atoms with Crippen molar-refractivity contribution >= 4 is 5.97 Å². The van der Waals surface area contributed by atoms with Crippen molar-refractivity contribution in [2.75, 3.05) is 19.8 Å². The summed E-state index contributed by atoms with van der Waals surface area (Å²) >= 11 is 0. The molecule has 14 heavy (non-hydrogen) atoms. The Morgan fingerprint density at radius 1 is 1.43 bits per heavy atom. The van der Waals surface area contributed by atoms with Crippen molar-refractivity contribution < 1.29 is 32.5 Å². The van der Waals surface area contributed by atoms with Crippen molar-refractivity contribution in [3.05, 3.63) is 0 Å². The second-order valence-corrected chi connectivity index (χ2v) is 2.52. The van der Waals surface area contributed by atoms with Gasteiger partial charge in [-0.15, -0.1) is 0 Å². The number of aliphatic carboxylic acids is 1. The number of carboxylic acid groups (broad SMARTS) is 1. The largest absolute Gasteiger partial charge is 0.479 e. The van der Waals surface area contributed by atoms with E-state index in [2.05, 4.69) is 9.47 Å². The molecule has 0 aromatic heterocycles. The highest BCUT2D eigenvalue weighted by Gasteiger charge is 2.27. The van der Waals surface area contributed by atoms with Crippen LogP contribution in [-0.2, 0) is 14.3 Å². The first-order chi connectivity index (χ1) is 6.33. The van der Waals surface area contributed by atoms with Gasteiger partial charge in [0.05, 0.1) is 13.2 Å². The molecule has 0 aromatic rings. The Morgan fingerprint density at radius 3 is 2.43 bits per heavy atom. The molecule has 0 amide bonds. The molecule has 0 bridgehead atoms. The van der Waals surface area contributed by atoms with E-state index in [1.165, 1.54) is 6.92 Å².